The molecule has 1 aromatic carbocycles. The summed E-state index contributed by atoms with van der Waals surface area (Å²) in [7, 11) is 0. The predicted molar refractivity (Wildman–Crippen MR) is 84.7 cm³/mol. The van der Waals surface area contributed by atoms with Crippen molar-refractivity contribution in [3.8, 4) is 0 Å². The largest absolute Gasteiger partial charge is 0.315 e. The molecule has 3 atom stereocenters. The highest BCUT2D eigenvalue weighted by atomic mass is 15.2. The van der Waals surface area contributed by atoms with E-state index < -0.39 is 0 Å². The summed E-state index contributed by atoms with van der Waals surface area (Å²) >= 11 is 0. The Balaban J connectivity index is 1.84. The Bertz CT molecular complexity index is 415. The molecule has 0 spiro atoms. The predicted octanol–water partition coefficient (Wildman–Crippen LogP) is 3.46. The Labute approximate surface area is 123 Å². The van der Waals surface area contributed by atoms with Crippen molar-refractivity contribution in [2.24, 2.45) is 11.8 Å². The molecule has 1 aromatic rings. The second kappa shape index (κ2) is 6.28. The Morgan fingerprint density at radius 1 is 1.20 bits per heavy atom. The van der Waals surface area contributed by atoms with Gasteiger partial charge in [-0.15, -0.1) is 0 Å². The van der Waals surface area contributed by atoms with Crippen molar-refractivity contribution in [3.05, 3.63) is 35.9 Å². The molecule has 3 rings (SSSR count). The average Bonchev–Trinajstić information content (AvgIpc) is 2.94. The third kappa shape index (κ3) is 2.91. The average molecular weight is 272 g/mol. The molecule has 2 fully saturated rings. The molecular formula is C18H28N2. The van der Waals surface area contributed by atoms with Crippen LogP contribution in [0.5, 0.6) is 0 Å². The lowest BCUT2D eigenvalue weighted by atomic mass is 9.87. The van der Waals surface area contributed by atoms with Gasteiger partial charge in [-0.1, -0.05) is 44.2 Å². The first kappa shape index (κ1) is 14.1. The molecule has 0 bridgehead atoms. The zero-order valence-electron chi connectivity index (χ0n) is 12.9. The first-order valence-corrected chi connectivity index (χ1v) is 8.27. The van der Waals surface area contributed by atoms with E-state index in [1.165, 1.54) is 44.5 Å². The van der Waals surface area contributed by atoms with Crippen LogP contribution in [0.25, 0.3) is 0 Å². The van der Waals surface area contributed by atoms with Crippen LogP contribution in [0.1, 0.15) is 44.7 Å². The number of nitrogens with one attached hydrogen (secondary N) is 1. The van der Waals surface area contributed by atoms with E-state index in [9.17, 15) is 0 Å². The normalized spacial score (nSPS) is 28.6. The maximum absolute atomic E-state index is 3.61. The molecule has 2 aliphatic rings. The van der Waals surface area contributed by atoms with Crippen molar-refractivity contribution in [1.29, 1.82) is 0 Å². The molecule has 2 heteroatoms. The molecule has 0 amide bonds. The van der Waals surface area contributed by atoms with E-state index >= 15 is 0 Å². The summed E-state index contributed by atoms with van der Waals surface area (Å²) in [5, 5.41) is 3.61. The van der Waals surface area contributed by atoms with Gasteiger partial charge in [-0.2, -0.15) is 0 Å². The van der Waals surface area contributed by atoms with E-state index in [0.717, 1.165) is 17.9 Å². The van der Waals surface area contributed by atoms with Crippen molar-refractivity contribution in [2.75, 3.05) is 19.6 Å². The molecule has 1 N–H and O–H groups in total. The molecule has 3 unspecified atom stereocenters. The third-order valence-corrected chi connectivity index (χ3v) is 5.00. The molecule has 0 aliphatic carbocycles. The molecule has 0 radical (unpaired) electrons. The number of piperidine rings is 1. The second-order valence-corrected chi connectivity index (χ2v) is 6.92. The summed E-state index contributed by atoms with van der Waals surface area (Å²) in [6.07, 6.45) is 4.05. The van der Waals surface area contributed by atoms with Gasteiger partial charge in [0.1, 0.15) is 0 Å². The van der Waals surface area contributed by atoms with Crippen LogP contribution >= 0.6 is 0 Å². The van der Waals surface area contributed by atoms with Gasteiger partial charge in [0.05, 0.1) is 0 Å². The molecule has 2 heterocycles. The number of rotatable bonds is 4. The van der Waals surface area contributed by atoms with Crippen molar-refractivity contribution >= 4 is 0 Å². The van der Waals surface area contributed by atoms with Gasteiger partial charge in [-0.3, -0.25) is 4.90 Å². The molecule has 0 saturated carbocycles. The van der Waals surface area contributed by atoms with Crippen LogP contribution in [0.2, 0.25) is 0 Å². The standard InChI is InChI=1S/C18H28N2/c1-14(2)11-17(15-7-4-3-5-8-15)20-10-6-9-16-12-19-13-18(16)20/h3-5,7-8,14,16-19H,6,9-13H2,1-2H3. The summed E-state index contributed by atoms with van der Waals surface area (Å²) in [6, 6.07) is 12.5. The first-order chi connectivity index (χ1) is 9.75. The van der Waals surface area contributed by atoms with Crippen LogP contribution in [0.4, 0.5) is 0 Å². The topological polar surface area (TPSA) is 15.3 Å². The lowest BCUT2D eigenvalue weighted by molar-refractivity contribution is 0.0660. The van der Waals surface area contributed by atoms with E-state index in [0.29, 0.717) is 6.04 Å². The van der Waals surface area contributed by atoms with Gasteiger partial charge in [0.25, 0.3) is 0 Å². The lowest BCUT2D eigenvalue weighted by Gasteiger charge is -2.43. The Kier molecular flexibility index (Phi) is 4.42. The monoisotopic (exact) mass is 272 g/mol. The maximum Gasteiger partial charge on any atom is 0.0354 e. The number of hydrogen-bond donors (Lipinski definition) is 1. The van der Waals surface area contributed by atoms with Gasteiger partial charge in [0.15, 0.2) is 0 Å². The van der Waals surface area contributed by atoms with Gasteiger partial charge in [0.2, 0.25) is 0 Å². The highest BCUT2D eigenvalue weighted by Gasteiger charge is 2.38. The number of benzene rings is 1. The highest BCUT2D eigenvalue weighted by Crippen LogP contribution is 2.36. The molecular weight excluding hydrogens is 244 g/mol. The summed E-state index contributed by atoms with van der Waals surface area (Å²) in [6.45, 7) is 8.39. The van der Waals surface area contributed by atoms with Gasteiger partial charge in [-0.25, -0.2) is 0 Å². The van der Waals surface area contributed by atoms with Crippen molar-refractivity contribution in [1.82, 2.24) is 10.2 Å². The van der Waals surface area contributed by atoms with E-state index in [2.05, 4.69) is 54.4 Å². The van der Waals surface area contributed by atoms with Crippen molar-refractivity contribution in [2.45, 2.75) is 45.2 Å². The molecule has 2 nitrogen and oxygen atoms in total. The summed E-state index contributed by atoms with van der Waals surface area (Å²) in [5.74, 6) is 1.62. The minimum atomic E-state index is 0.601. The lowest BCUT2D eigenvalue weighted by Crippen LogP contribution is -2.47. The fraction of sp³-hybridized carbons (Fsp3) is 0.667. The van der Waals surface area contributed by atoms with Crippen LogP contribution in [0.3, 0.4) is 0 Å². The Morgan fingerprint density at radius 2 is 2.00 bits per heavy atom. The van der Waals surface area contributed by atoms with Crippen LogP contribution in [-0.4, -0.2) is 30.6 Å². The zero-order chi connectivity index (χ0) is 13.9. The maximum atomic E-state index is 3.61. The van der Waals surface area contributed by atoms with E-state index in [1.54, 1.807) is 0 Å². The zero-order valence-corrected chi connectivity index (χ0v) is 12.9. The fourth-order valence-electron chi connectivity index (χ4n) is 4.08. The summed E-state index contributed by atoms with van der Waals surface area (Å²) < 4.78 is 0. The van der Waals surface area contributed by atoms with Gasteiger partial charge >= 0.3 is 0 Å². The Hall–Kier alpha value is -0.860. The number of fused-ring (bicyclic) bond motifs is 1. The minimum Gasteiger partial charge on any atom is -0.315 e. The molecule has 0 aromatic heterocycles. The summed E-state index contributed by atoms with van der Waals surface area (Å²) in [5.41, 5.74) is 1.51. The van der Waals surface area contributed by atoms with Crippen LogP contribution in [0, 0.1) is 11.8 Å². The molecule has 110 valence electrons. The Morgan fingerprint density at radius 3 is 2.75 bits per heavy atom. The van der Waals surface area contributed by atoms with Crippen molar-refractivity contribution in [3.63, 3.8) is 0 Å². The molecule has 20 heavy (non-hydrogen) atoms. The quantitative estimate of drug-likeness (QED) is 0.903. The number of nitrogens with zero attached hydrogens (tertiary/aromatic N) is 1. The van der Waals surface area contributed by atoms with Crippen LogP contribution in [0.15, 0.2) is 30.3 Å². The van der Waals surface area contributed by atoms with Crippen molar-refractivity contribution < 1.29 is 0 Å². The van der Waals surface area contributed by atoms with Gasteiger partial charge in [-0.05, 0) is 49.8 Å². The van der Waals surface area contributed by atoms with Crippen LogP contribution in [-0.2, 0) is 0 Å². The number of hydrogen-bond acceptors (Lipinski definition) is 2. The molecule has 2 saturated heterocycles. The summed E-state index contributed by atoms with van der Waals surface area (Å²) in [4.78, 5) is 2.81. The third-order valence-electron chi connectivity index (χ3n) is 5.00. The fourth-order valence-corrected chi connectivity index (χ4v) is 4.08. The smallest absolute Gasteiger partial charge is 0.0354 e. The first-order valence-electron chi connectivity index (χ1n) is 8.27. The van der Waals surface area contributed by atoms with Crippen LogP contribution < -0.4 is 5.32 Å². The highest BCUT2D eigenvalue weighted by molar-refractivity contribution is 5.20. The SMILES string of the molecule is CC(C)CC(c1ccccc1)N1CCCC2CNCC21. The van der Waals surface area contributed by atoms with Gasteiger partial charge in [0, 0.05) is 18.6 Å². The van der Waals surface area contributed by atoms with E-state index in [1.807, 2.05) is 0 Å². The van der Waals surface area contributed by atoms with Gasteiger partial charge < -0.3 is 5.32 Å². The minimum absolute atomic E-state index is 0.601. The van der Waals surface area contributed by atoms with E-state index in [4.69, 9.17) is 0 Å². The van der Waals surface area contributed by atoms with E-state index in [-0.39, 0.29) is 0 Å². The second-order valence-electron chi connectivity index (χ2n) is 6.92. The molecule has 2 aliphatic heterocycles. The number of likely N-dealkylation sites (tertiary alicyclic amines) is 1.